The van der Waals surface area contributed by atoms with Crippen LogP contribution in [0.4, 0.5) is 34.1 Å². The summed E-state index contributed by atoms with van der Waals surface area (Å²) in [4.78, 5) is 4.68. The van der Waals surface area contributed by atoms with Crippen LogP contribution < -0.4 is 9.80 Å². The Morgan fingerprint density at radius 3 is 1.45 bits per heavy atom. The predicted molar refractivity (Wildman–Crippen MR) is 244 cm³/mol. The SMILES string of the molecule is Clc1cccc(N(c2cccc(N(c3ccccc3)c3ccccc3)c2)c2cccc3c2-c2ccccc2C3(c2ccccc2)c2ccc(-c3ccccc3)cc2)c1. The molecule has 0 aromatic heterocycles. The molecule has 0 N–H and O–H groups in total. The van der Waals surface area contributed by atoms with Gasteiger partial charge >= 0.3 is 0 Å². The van der Waals surface area contributed by atoms with Crippen molar-refractivity contribution in [1.82, 2.24) is 0 Å². The fourth-order valence-corrected chi connectivity index (χ4v) is 9.11. The van der Waals surface area contributed by atoms with E-state index in [-0.39, 0.29) is 0 Å². The number of nitrogens with zero attached hydrogens (tertiary/aromatic N) is 2. The summed E-state index contributed by atoms with van der Waals surface area (Å²) in [6, 6.07) is 84.7. The summed E-state index contributed by atoms with van der Waals surface area (Å²) in [5.74, 6) is 0. The quantitative estimate of drug-likeness (QED) is 0.144. The molecule has 9 aromatic rings. The molecule has 10 rings (SSSR count). The summed E-state index contributed by atoms with van der Waals surface area (Å²) in [7, 11) is 0. The van der Waals surface area contributed by atoms with Crippen molar-refractivity contribution >= 4 is 45.7 Å². The molecule has 0 aliphatic heterocycles. The van der Waals surface area contributed by atoms with Gasteiger partial charge in [0, 0.05) is 39.0 Å². The number of rotatable bonds is 9. The van der Waals surface area contributed by atoms with Crippen molar-refractivity contribution in [2.75, 3.05) is 9.80 Å². The lowest BCUT2D eigenvalue weighted by molar-refractivity contribution is 0.768. The summed E-state index contributed by atoms with van der Waals surface area (Å²) in [5.41, 5.74) is 15.5. The second-order valence-corrected chi connectivity index (χ2v) is 15.1. The normalized spacial score (nSPS) is 14.0. The molecule has 3 heteroatoms. The molecule has 58 heavy (non-hydrogen) atoms. The second kappa shape index (κ2) is 15.1. The lowest BCUT2D eigenvalue weighted by Gasteiger charge is -2.34. The third-order valence-corrected chi connectivity index (χ3v) is 11.6. The monoisotopic (exact) mass is 762 g/mol. The highest BCUT2D eigenvalue weighted by atomic mass is 35.5. The second-order valence-electron chi connectivity index (χ2n) is 14.6. The van der Waals surface area contributed by atoms with Crippen molar-refractivity contribution in [3.8, 4) is 22.3 Å². The molecule has 2 nitrogen and oxygen atoms in total. The van der Waals surface area contributed by atoms with E-state index in [0.717, 1.165) is 34.1 Å². The Hall–Kier alpha value is -7.13. The molecule has 276 valence electrons. The van der Waals surface area contributed by atoms with Gasteiger partial charge in [0.1, 0.15) is 0 Å². The Kier molecular flexibility index (Phi) is 9.18. The third kappa shape index (κ3) is 6.07. The van der Waals surface area contributed by atoms with Crippen LogP contribution in [0.15, 0.2) is 237 Å². The van der Waals surface area contributed by atoms with E-state index in [9.17, 15) is 0 Å². The van der Waals surface area contributed by atoms with E-state index in [1.54, 1.807) is 0 Å². The Balaban J connectivity index is 1.22. The molecule has 0 amide bonds. The van der Waals surface area contributed by atoms with E-state index in [0.29, 0.717) is 5.02 Å². The number of benzene rings is 9. The van der Waals surface area contributed by atoms with Gasteiger partial charge in [-0.1, -0.05) is 181 Å². The van der Waals surface area contributed by atoms with Gasteiger partial charge in [-0.15, -0.1) is 0 Å². The highest BCUT2D eigenvalue weighted by Crippen LogP contribution is 2.59. The minimum atomic E-state index is -0.572. The van der Waals surface area contributed by atoms with Crippen LogP contribution in [0.2, 0.25) is 5.02 Å². The number of hydrogen-bond donors (Lipinski definition) is 0. The van der Waals surface area contributed by atoms with Crippen LogP contribution in [-0.2, 0) is 5.41 Å². The highest BCUT2D eigenvalue weighted by Gasteiger charge is 2.47. The molecule has 9 aromatic carbocycles. The zero-order valence-electron chi connectivity index (χ0n) is 31.8. The zero-order chi connectivity index (χ0) is 38.9. The molecule has 0 saturated carbocycles. The first-order valence-electron chi connectivity index (χ1n) is 19.7. The molecule has 0 bridgehead atoms. The molecule has 0 radical (unpaired) electrons. The molecular weight excluding hydrogens is 724 g/mol. The summed E-state index contributed by atoms with van der Waals surface area (Å²) in [6.45, 7) is 0. The average molecular weight is 763 g/mol. The lowest BCUT2D eigenvalue weighted by Crippen LogP contribution is -2.28. The Morgan fingerprint density at radius 1 is 0.328 bits per heavy atom. The molecule has 1 atom stereocenters. The maximum Gasteiger partial charge on any atom is 0.0714 e. The van der Waals surface area contributed by atoms with Gasteiger partial charge in [-0.25, -0.2) is 0 Å². The van der Waals surface area contributed by atoms with Crippen LogP contribution in [0.5, 0.6) is 0 Å². The largest absolute Gasteiger partial charge is 0.310 e. The van der Waals surface area contributed by atoms with Gasteiger partial charge in [0.2, 0.25) is 0 Å². The molecule has 0 fully saturated rings. The number of halogens is 1. The summed E-state index contributed by atoms with van der Waals surface area (Å²) in [5, 5.41) is 0.680. The maximum absolute atomic E-state index is 6.83. The Labute approximate surface area is 345 Å². The van der Waals surface area contributed by atoms with Gasteiger partial charge in [0.25, 0.3) is 0 Å². The van der Waals surface area contributed by atoms with Crippen LogP contribution >= 0.6 is 11.6 Å². The molecule has 0 heterocycles. The van der Waals surface area contributed by atoms with Crippen molar-refractivity contribution in [2.45, 2.75) is 5.41 Å². The standard InChI is InChI=1S/C55H39ClN2/c56-44-22-15-27-47(38-44)58(49-29-16-28-48(39-49)57(45-23-9-3-10-24-45)46-25-11-4-12-26-46)53-33-17-32-52-54(53)50-30-13-14-31-51(50)55(52,42-20-7-2-8-21-42)43-36-34-41(35-37-43)40-18-5-1-6-19-40/h1-39H. The van der Waals surface area contributed by atoms with Crippen LogP contribution in [0.3, 0.4) is 0 Å². The molecule has 0 spiro atoms. The average Bonchev–Trinajstić information content (AvgIpc) is 3.60. The number of hydrogen-bond acceptors (Lipinski definition) is 2. The topological polar surface area (TPSA) is 6.48 Å². The van der Waals surface area contributed by atoms with Crippen molar-refractivity contribution in [1.29, 1.82) is 0 Å². The third-order valence-electron chi connectivity index (χ3n) is 11.4. The fraction of sp³-hybridized carbons (Fsp3) is 0.0182. The van der Waals surface area contributed by atoms with E-state index in [4.69, 9.17) is 11.6 Å². The number of fused-ring (bicyclic) bond motifs is 3. The minimum absolute atomic E-state index is 0.572. The number of para-hydroxylation sites is 2. The molecule has 1 aliphatic carbocycles. The molecule has 1 unspecified atom stereocenters. The summed E-state index contributed by atoms with van der Waals surface area (Å²) in [6.07, 6.45) is 0. The lowest BCUT2D eigenvalue weighted by atomic mass is 9.67. The van der Waals surface area contributed by atoms with Crippen molar-refractivity contribution in [3.05, 3.63) is 264 Å². The first-order valence-corrected chi connectivity index (χ1v) is 20.1. The first-order chi connectivity index (χ1) is 28.7. The van der Waals surface area contributed by atoms with Crippen LogP contribution in [0, 0.1) is 0 Å². The molecule has 0 saturated heterocycles. The highest BCUT2D eigenvalue weighted by molar-refractivity contribution is 6.30. The van der Waals surface area contributed by atoms with E-state index < -0.39 is 5.41 Å². The maximum atomic E-state index is 6.83. The molecule has 1 aliphatic rings. The van der Waals surface area contributed by atoms with Gasteiger partial charge in [-0.05, 0) is 106 Å². The van der Waals surface area contributed by atoms with Gasteiger partial charge in [-0.3, -0.25) is 0 Å². The molecular formula is C55H39ClN2. The van der Waals surface area contributed by atoms with Gasteiger partial charge in [0.15, 0.2) is 0 Å². The smallest absolute Gasteiger partial charge is 0.0714 e. The minimum Gasteiger partial charge on any atom is -0.310 e. The van der Waals surface area contributed by atoms with Crippen LogP contribution in [0.25, 0.3) is 22.3 Å². The summed E-state index contributed by atoms with van der Waals surface area (Å²) < 4.78 is 0. The Morgan fingerprint density at radius 2 is 0.793 bits per heavy atom. The van der Waals surface area contributed by atoms with E-state index >= 15 is 0 Å². The Bertz CT molecular complexity index is 2800. The fourth-order valence-electron chi connectivity index (χ4n) is 8.93. The van der Waals surface area contributed by atoms with Crippen molar-refractivity contribution < 1.29 is 0 Å². The summed E-state index contributed by atoms with van der Waals surface area (Å²) >= 11 is 6.83. The van der Waals surface area contributed by atoms with Gasteiger partial charge in [0.05, 0.1) is 11.1 Å². The zero-order valence-corrected chi connectivity index (χ0v) is 32.5. The van der Waals surface area contributed by atoms with E-state index in [1.807, 2.05) is 12.1 Å². The predicted octanol–water partition coefficient (Wildman–Crippen LogP) is 15.3. The number of anilines is 6. The van der Waals surface area contributed by atoms with Gasteiger partial charge in [-0.2, -0.15) is 0 Å². The van der Waals surface area contributed by atoms with E-state index in [1.165, 1.54) is 44.5 Å². The van der Waals surface area contributed by atoms with E-state index in [2.05, 4.69) is 234 Å². The first kappa shape index (κ1) is 35.3. The van der Waals surface area contributed by atoms with Gasteiger partial charge < -0.3 is 9.80 Å². The van der Waals surface area contributed by atoms with Crippen LogP contribution in [0.1, 0.15) is 22.3 Å². The van der Waals surface area contributed by atoms with Crippen molar-refractivity contribution in [3.63, 3.8) is 0 Å². The van der Waals surface area contributed by atoms with Crippen molar-refractivity contribution in [2.24, 2.45) is 0 Å². The van der Waals surface area contributed by atoms with Crippen LogP contribution in [-0.4, -0.2) is 0 Å².